The van der Waals surface area contributed by atoms with Crippen molar-refractivity contribution in [2.45, 2.75) is 4.21 Å². The van der Waals surface area contributed by atoms with Gasteiger partial charge in [0.1, 0.15) is 15.7 Å². The van der Waals surface area contributed by atoms with E-state index in [0.717, 1.165) is 22.1 Å². The fraction of sp³-hybridized carbons (Fsp3) is 0. The van der Waals surface area contributed by atoms with Gasteiger partial charge in [-0.05, 0) is 34.4 Å². The smallest absolute Gasteiger partial charge is 0.271 e. The van der Waals surface area contributed by atoms with Gasteiger partial charge in [-0.1, -0.05) is 60.7 Å². The first-order valence-electron chi connectivity index (χ1n) is 9.48. The Balaban J connectivity index is 1.81. The first-order chi connectivity index (χ1) is 15.0. The highest BCUT2D eigenvalue weighted by Crippen LogP contribution is 2.46. The molecule has 0 bridgehead atoms. The molecule has 0 atom stereocenters. The lowest BCUT2D eigenvalue weighted by Gasteiger charge is -2.17. The summed E-state index contributed by atoms with van der Waals surface area (Å²) in [5.74, 6) is -0.0299. The molecule has 5 aromatic rings. The number of hydrogen-bond acceptors (Lipinski definition) is 5. The molecule has 7 heteroatoms. The molecule has 5 rings (SSSR count). The summed E-state index contributed by atoms with van der Waals surface area (Å²) in [6.07, 6.45) is 0. The van der Waals surface area contributed by atoms with E-state index in [1.165, 1.54) is 6.07 Å². The van der Waals surface area contributed by atoms with E-state index in [9.17, 15) is 18.6 Å². The number of hydrogen-bond donors (Lipinski definition) is 3. The van der Waals surface area contributed by atoms with E-state index in [1.54, 1.807) is 53.9 Å². The lowest BCUT2D eigenvalue weighted by atomic mass is 9.93. The average molecular weight is 448 g/mol. The predicted octanol–water partition coefficient (Wildman–Crippen LogP) is 5.93. The highest BCUT2D eigenvalue weighted by Gasteiger charge is 2.21. The highest BCUT2D eigenvalue weighted by molar-refractivity contribution is 7.94. The monoisotopic (exact) mass is 447 g/mol. The van der Waals surface area contributed by atoms with Gasteiger partial charge in [-0.3, -0.25) is 4.72 Å². The standard InChI is InChI=1S/C24H17NO4S2/c26-21-12-11-15-6-1-2-7-16(15)23(21)19-14-20(17-8-3-4-9-18(17)24(19)27)25-31(28,29)22-10-5-13-30-22/h1-14,25-27H. The fourth-order valence-electron chi connectivity index (χ4n) is 3.79. The van der Waals surface area contributed by atoms with Gasteiger partial charge in [-0.25, -0.2) is 8.42 Å². The second-order valence-electron chi connectivity index (χ2n) is 7.08. The van der Waals surface area contributed by atoms with Crippen molar-refractivity contribution in [2.24, 2.45) is 0 Å². The van der Waals surface area contributed by atoms with Crippen molar-refractivity contribution >= 4 is 48.6 Å². The zero-order valence-corrected chi connectivity index (χ0v) is 17.7. The van der Waals surface area contributed by atoms with Crippen molar-refractivity contribution in [1.29, 1.82) is 0 Å². The van der Waals surface area contributed by atoms with Gasteiger partial charge in [0.15, 0.2) is 0 Å². The Bertz CT molecular complexity index is 1540. The average Bonchev–Trinajstić information content (AvgIpc) is 3.32. The van der Waals surface area contributed by atoms with Crippen LogP contribution in [0.2, 0.25) is 0 Å². The van der Waals surface area contributed by atoms with Gasteiger partial charge < -0.3 is 10.2 Å². The topological polar surface area (TPSA) is 86.6 Å². The maximum absolute atomic E-state index is 12.9. The minimum absolute atomic E-state index is 0.00338. The van der Waals surface area contributed by atoms with Gasteiger partial charge in [-0.2, -0.15) is 0 Å². The molecule has 0 spiro atoms. The second-order valence-corrected chi connectivity index (χ2v) is 9.94. The number of phenolic OH excluding ortho intramolecular Hbond substituents is 2. The molecule has 5 nitrogen and oxygen atoms in total. The van der Waals surface area contributed by atoms with E-state index < -0.39 is 10.0 Å². The van der Waals surface area contributed by atoms with Crippen molar-refractivity contribution in [2.75, 3.05) is 4.72 Å². The second kappa shape index (κ2) is 7.30. The number of anilines is 1. The number of phenols is 2. The summed E-state index contributed by atoms with van der Waals surface area (Å²) in [7, 11) is -3.80. The molecule has 0 saturated heterocycles. The van der Waals surface area contributed by atoms with Crippen LogP contribution in [0.5, 0.6) is 11.5 Å². The Morgan fingerprint density at radius 2 is 1.48 bits per heavy atom. The Morgan fingerprint density at radius 1 is 0.774 bits per heavy atom. The summed E-state index contributed by atoms with van der Waals surface area (Å²) >= 11 is 1.12. The number of benzene rings is 4. The van der Waals surface area contributed by atoms with Gasteiger partial charge in [0, 0.05) is 21.9 Å². The molecule has 3 N–H and O–H groups in total. The molecule has 154 valence electrons. The molecule has 0 fully saturated rings. The summed E-state index contributed by atoms with van der Waals surface area (Å²) < 4.78 is 28.7. The third-order valence-corrected chi connectivity index (χ3v) is 7.96. The molecule has 0 aliphatic rings. The number of fused-ring (bicyclic) bond motifs is 2. The van der Waals surface area contributed by atoms with Crippen LogP contribution in [0.3, 0.4) is 0 Å². The molecule has 1 heterocycles. The van der Waals surface area contributed by atoms with Gasteiger partial charge in [0.2, 0.25) is 0 Å². The first kappa shape index (κ1) is 19.4. The van der Waals surface area contributed by atoms with E-state index in [1.807, 2.05) is 24.3 Å². The number of nitrogens with one attached hydrogen (secondary N) is 1. The summed E-state index contributed by atoms with van der Waals surface area (Å²) in [6, 6.07) is 22.7. The summed E-state index contributed by atoms with van der Waals surface area (Å²) in [6.45, 7) is 0. The zero-order chi connectivity index (χ0) is 21.6. The molecule has 0 aliphatic carbocycles. The van der Waals surface area contributed by atoms with E-state index in [2.05, 4.69) is 4.72 Å². The van der Waals surface area contributed by atoms with Crippen LogP contribution in [0.25, 0.3) is 32.7 Å². The Morgan fingerprint density at radius 3 is 2.23 bits per heavy atom. The van der Waals surface area contributed by atoms with E-state index in [0.29, 0.717) is 27.6 Å². The van der Waals surface area contributed by atoms with Crippen molar-refractivity contribution in [3.05, 3.63) is 84.2 Å². The maximum atomic E-state index is 12.9. The van der Waals surface area contributed by atoms with E-state index in [-0.39, 0.29) is 15.7 Å². The molecule has 31 heavy (non-hydrogen) atoms. The molecule has 0 radical (unpaired) electrons. The van der Waals surface area contributed by atoms with Crippen LogP contribution in [0.4, 0.5) is 5.69 Å². The summed E-state index contributed by atoms with van der Waals surface area (Å²) in [5, 5.41) is 26.2. The molecular formula is C24H17NO4S2. The summed E-state index contributed by atoms with van der Waals surface area (Å²) in [4.78, 5) is 0. The predicted molar refractivity (Wildman–Crippen MR) is 125 cm³/mol. The largest absolute Gasteiger partial charge is 0.507 e. The third kappa shape index (κ3) is 3.28. The lowest BCUT2D eigenvalue weighted by molar-refractivity contribution is 0.472. The SMILES string of the molecule is O=S(=O)(Nc1cc(-c2c(O)ccc3ccccc23)c(O)c2ccccc12)c1cccs1. The zero-order valence-electron chi connectivity index (χ0n) is 16.1. The Labute approximate surface area is 182 Å². The minimum atomic E-state index is -3.80. The third-order valence-electron chi connectivity index (χ3n) is 5.20. The van der Waals surface area contributed by atoms with Crippen LogP contribution < -0.4 is 4.72 Å². The number of thiophene rings is 1. The quantitative estimate of drug-likeness (QED) is 0.298. The van der Waals surface area contributed by atoms with Crippen LogP contribution in [0, 0.1) is 0 Å². The Hall–Kier alpha value is -3.55. The van der Waals surface area contributed by atoms with Gasteiger partial charge >= 0.3 is 0 Å². The van der Waals surface area contributed by atoms with Crippen LogP contribution >= 0.6 is 11.3 Å². The molecule has 0 aliphatic heterocycles. The Kier molecular flexibility index (Phi) is 4.57. The van der Waals surface area contributed by atoms with E-state index in [4.69, 9.17) is 0 Å². The van der Waals surface area contributed by atoms with Crippen LogP contribution in [0.15, 0.2) is 88.5 Å². The van der Waals surface area contributed by atoms with Gasteiger partial charge in [-0.15, -0.1) is 11.3 Å². The lowest BCUT2D eigenvalue weighted by Crippen LogP contribution is -2.12. The normalized spacial score (nSPS) is 11.7. The van der Waals surface area contributed by atoms with Crippen LogP contribution in [-0.2, 0) is 10.0 Å². The fourth-order valence-corrected chi connectivity index (χ4v) is 5.85. The first-order valence-corrected chi connectivity index (χ1v) is 11.8. The molecule has 4 aromatic carbocycles. The molecule has 0 saturated carbocycles. The minimum Gasteiger partial charge on any atom is -0.507 e. The van der Waals surface area contributed by atoms with Crippen molar-refractivity contribution in [3.8, 4) is 22.6 Å². The summed E-state index contributed by atoms with van der Waals surface area (Å²) in [5.41, 5.74) is 1.11. The van der Waals surface area contributed by atoms with E-state index >= 15 is 0 Å². The maximum Gasteiger partial charge on any atom is 0.271 e. The van der Waals surface area contributed by atoms with Crippen molar-refractivity contribution < 1.29 is 18.6 Å². The van der Waals surface area contributed by atoms with Crippen LogP contribution in [0.1, 0.15) is 0 Å². The number of aromatic hydroxyl groups is 2. The molecular weight excluding hydrogens is 430 g/mol. The van der Waals surface area contributed by atoms with Crippen molar-refractivity contribution in [1.82, 2.24) is 0 Å². The molecule has 0 unspecified atom stereocenters. The number of sulfonamides is 1. The number of rotatable bonds is 4. The van der Waals surface area contributed by atoms with Crippen molar-refractivity contribution in [3.63, 3.8) is 0 Å². The molecule has 1 aromatic heterocycles. The van der Waals surface area contributed by atoms with Crippen LogP contribution in [-0.4, -0.2) is 18.6 Å². The van der Waals surface area contributed by atoms with Gasteiger partial charge in [0.05, 0.1) is 5.69 Å². The highest BCUT2D eigenvalue weighted by atomic mass is 32.2. The molecule has 0 amide bonds. The van der Waals surface area contributed by atoms with Gasteiger partial charge in [0.25, 0.3) is 10.0 Å².